The average molecular weight is 249 g/mol. The van der Waals surface area contributed by atoms with Crippen LogP contribution in [0.3, 0.4) is 0 Å². The Hall–Kier alpha value is -2.23. The number of anilines is 1. The lowest BCUT2D eigenvalue weighted by molar-refractivity contribution is 0.796. The summed E-state index contributed by atoms with van der Waals surface area (Å²) < 4.78 is 0. The van der Waals surface area contributed by atoms with Crippen LogP contribution < -0.4 is 15.5 Å². The summed E-state index contributed by atoms with van der Waals surface area (Å²) >= 11 is 0. The lowest BCUT2D eigenvalue weighted by atomic mass is 10.3. The summed E-state index contributed by atoms with van der Waals surface area (Å²) in [5, 5.41) is 14.0. The molecular weight excluding hydrogens is 230 g/mol. The van der Waals surface area contributed by atoms with Crippen LogP contribution in [0, 0.1) is 11.5 Å². The number of aromatic nitrogens is 2. The molecule has 0 unspecified atom stereocenters. The van der Waals surface area contributed by atoms with Crippen molar-refractivity contribution in [2.45, 2.75) is 13.3 Å². The second-order valence-corrected chi connectivity index (χ2v) is 3.72. The number of aromatic amines is 1. The van der Waals surface area contributed by atoms with Gasteiger partial charge in [0, 0.05) is 27.2 Å². The summed E-state index contributed by atoms with van der Waals surface area (Å²) in [6, 6.07) is 0. The standard InChI is InChI=1S/C11H19N7/c1-4-9-10(17-8-16-9)18(3)6-5-14-11(13-2)15-7-12/h8H,4-6H2,1-3H3,(H,16,17)(H2,13,14,15). The highest BCUT2D eigenvalue weighted by Gasteiger charge is 2.08. The first-order chi connectivity index (χ1) is 8.72. The van der Waals surface area contributed by atoms with Crippen molar-refractivity contribution in [3.63, 3.8) is 0 Å². The van der Waals surface area contributed by atoms with Crippen molar-refractivity contribution >= 4 is 11.8 Å². The summed E-state index contributed by atoms with van der Waals surface area (Å²) in [4.78, 5) is 13.4. The van der Waals surface area contributed by atoms with Crippen molar-refractivity contribution in [2.75, 3.05) is 32.1 Å². The number of H-pyrrole nitrogens is 1. The van der Waals surface area contributed by atoms with Gasteiger partial charge in [-0.2, -0.15) is 5.26 Å². The van der Waals surface area contributed by atoms with Crippen molar-refractivity contribution in [3.8, 4) is 6.19 Å². The minimum absolute atomic E-state index is 0.476. The van der Waals surface area contributed by atoms with E-state index in [1.807, 2.05) is 13.2 Å². The Morgan fingerprint density at radius 1 is 1.67 bits per heavy atom. The van der Waals surface area contributed by atoms with Gasteiger partial charge < -0.3 is 15.2 Å². The van der Waals surface area contributed by atoms with Crippen molar-refractivity contribution < 1.29 is 0 Å². The quantitative estimate of drug-likeness (QED) is 0.297. The molecule has 0 radical (unpaired) electrons. The molecule has 0 atom stereocenters. The van der Waals surface area contributed by atoms with E-state index < -0.39 is 0 Å². The summed E-state index contributed by atoms with van der Waals surface area (Å²) in [6.07, 6.45) is 4.45. The fourth-order valence-corrected chi connectivity index (χ4v) is 1.58. The van der Waals surface area contributed by atoms with Crippen LogP contribution in [0.15, 0.2) is 11.3 Å². The molecule has 18 heavy (non-hydrogen) atoms. The molecule has 1 heterocycles. The molecule has 3 N–H and O–H groups in total. The van der Waals surface area contributed by atoms with Crippen molar-refractivity contribution in [3.05, 3.63) is 12.0 Å². The van der Waals surface area contributed by atoms with Crippen molar-refractivity contribution in [1.29, 1.82) is 5.26 Å². The van der Waals surface area contributed by atoms with Gasteiger partial charge in [0.25, 0.3) is 0 Å². The Balaban J connectivity index is 2.42. The zero-order valence-electron chi connectivity index (χ0n) is 11.0. The van der Waals surface area contributed by atoms with Gasteiger partial charge in [-0.3, -0.25) is 10.3 Å². The highest BCUT2D eigenvalue weighted by molar-refractivity contribution is 5.80. The zero-order valence-corrected chi connectivity index (χ0v) is 11.0. The maximum absolute atomic E-state index is 8.49. The molecule has 1 aromatic rings. The number of hydrogen-bond acceptors (Lipinski definition) is 4. The highest BCUT2D eigenvalue weighted by atomic mass is 15.2. The molecule has 98 valence electrons. The molecule has 0 aliphatic carbocycles. The number of aryl methyl sites for hydroxylation is 1. The molecule has 7 heteroatoms. The molecule has 1 aromatic heterocycles. The van der Waals surface area contributed by atoms with E-state index in [9.17, 15) is 0 Å². The van der Waals surface area contributed by atoms with Crippen LogP contribution in [0.2, 0.25) is 0 Å². The van der Waals surface area contributed by atoms with Gasteiger partial charge in [0.05, 0.1) is 12.0 Å². The predicted molar refractivity (Wildman–Crippen MR) is 71.3 cm³/mol. The average Bonchev–Trinajstić information content (AvgIpc) is 2.85. The first-order valence-corrected chi connectivity index (χ1v) is 5.82. The first kappa shape index (κ1) is 13.8. The molecule has 0 bridgehead atoms. The van der Waals surface area contributed by atoms with Crippen LogP contribution >= 0.6 is 0 Å². The van der Waals surface area contributed by atoms with E-state index >= 15 is 0 Å². The van der Waals surface area contributed by atoms with Gasteiger partial charge in [0.15, 0.2) is 6.19 Å². The summed E-state index contributed by atoms with van der Waals surface area (Å²) in [5.74, 6) is 1.44. The van der Waals surface area contributed by atoms with E-state index in [-0.39, 0.29) is 0 Å². The Kier molecular flexibility index (Phi) is 5.51. The van der Waals surface area contributed by atoms with E-state index in [4.69, 9.17) is 5.26 Å². The lowest BCUT2D eigenvalue weighted by Gasteiger charge is -2.18. The highest BCUT2D eigenvalue weighted by Crippen LogP contribution is 2.13. The summed E-state index contributed by atoms with van der Waals surface area (Å²) in [6.45, 7) is 3.53. The Morgan fingerprint density at radius 2 is 2.44 bits per heavy atom. The predicted octanol–water partition coefficient (Wildman–Crippen LogP) is 0.0544. The van der Waals surface area contributed by atoms with Crippen LogP contribution in [0.25, 0.3) is 0 Å². The van der Waals surface area contributed by atoms with Gasteiger partial charge >= 0.3 is 0 Å². The normalized spacial score (nSPS) is 10.9. The number of rotatable bonds is 5. The molecule has 0 amide bonds. The maximum Gasteiger partial charge on any atom is 0.204 e. The Bertz CT molecular complexity index is 429. The van der Waals surface area contributed by atoms with Crippen LogP contribution in [0.4, 0.5) is 5.82 Å². The van der Waals surface area contributed by atoms with E-state index in [1.54, 1.807) is 13.4 Å². The van der Waals surface area contributed by atoms with E-state index in [0.29, 0.717) is 12.5 Å². The summed E-state index contributed by atoms with van der Waals surface area (Å²) in [7, 11) is 3.61. The molecule has 0 aliphatic rings. The topological polar surface area (TPSA) is 92.1 Å². The lowest BCUT2D eigenvalue weighted by Crippen LogP contribution is -2.39. The Labute approximate surface area is 107 Å². The van der Waals surface area contributed by atoms with E-state index in [2.05, 4.69) is 37.4 Å². The molecular formula is C11H19N7. The summed E-state index contributed by atoms with van der Waals surface area (Å²) in [5.41, 5.74) is 1.12. The van der Waals surface area contributed by atoms with Crippen molar-refractivity contribution in [1.82, 2.24) is 20.6 Å². The second kappa shape index (κ2) is 7.17. The monoisotopic (exact) mass is 249 g/mol. The molecule has 7 nitrogen and oxygen atoms in total. The molecule has 0 aliphatic heterocycles. The third kappa shape index (κ3) is 3.66. The molecule has 0 saturated carbocycles. The fourth-order valence-electron chi connectivity index (χ4n) is 1.58. The van der Waals surface area contributed by atoms with Crippen LogP contribution in [0.1, 0.15) is 12.6 Å². The number of nitriles is 1. The molecule has 0 spiro atoms. The number of guanidine groups is 1. The number of hydrogen-bond donors (Lipinski definition) is 3. The maximum atomic E-state index is 8.49. The number of likely N-dealkylation sites (N-methyl/N-ethyl adjacent to an activating group) is 1. The first-order valence-electron chi connectivity index (χ1n) is 5.82. The third-order valence-electron chi connectivity index (χ3n) is 2.55. The largest absolute Gasteiger partial charge is 0.356 e. The molecule has 0 saturated heterocycles. The van der Waals surface area contributed by atoms with Gasteiger partial charge in [-0.15, -0.1) is 0 Å². The number of imidazole rings is 1. The smallest absolute Gasteiger partial charge is 0.204 e. The van der Waals surface area contributed by atoms with Crippen LogP contribution in [-0.4, -0.2) is 43.1 Å². The fraction of sp³-hybridized carbons (Fsp3) is 0.545. The van der Waals surface area contributed by atoms with Gasteiger partial charge in [-0.05, 0) is 6.42 Å². The van der Waals surface area contributed by atoms with Crippen LogP contribution in [0.5, 0.6) is 0 Å². The van der Waals surface area contributed by atoms with Gasteiger partial charge in [0.2, 0.25) is 5.96 Å². The Morgan fingerprint density at radius 3 is 3.06 bits per heavy atom. The minimum Gasteiger partial charge on any atom is -0.356 e. The SMILES string of the molecule is CCc1[nH]cnc1N(C)CCN/C(=N/C)NC#N. The van der Waals surface area contributed by atoms with Gasteiger partial charge in [-0.1, -0.05) is 6.92 Å². The number of aliphatic imine (C=N–C) groups is 1. The minimum atomic E-state index is 0.476. The molecule has 1 rings (SSSR count). The second-order valence-electron chi connectivity index (χ2n) is 3.72. The third-order valence-corrected chi connectivity index (χ3v) is 2.55. The van der Waals surface area contributed by atoms with Gasteiger partial charge in [0.1, 0.15) is 5.82 Å². The molecule has 0 fully saturated rings. The molecule has 0 aromatic carbocycles. The van der Waals surface area contributed by atoms with Crippen LogP contribution in [-0.2, 0) is 6.42 Å². The van der Waals surface area contributed by atoms with E-state index in [0.717, 1.165) is 24.5 Å². The number of nitrogens with zero attached hydrogens (tertiary/aromatic N) is 4. The van der Waals surface area contributed by atoms with Gasteiger partial charge in [-0.25, -0.2) is 4.98 Å². The van der Waals surface area contributed by atoms with E-state index in [1.165, 1.54) is 0 Å². The zero-order chi connectivity index (χ0) is 13.4. The number of nitrogens with one attached hydrogen (secondary N) is 3. The van der Waals surface area contributed by atoms with Crippen molar-refractivity contribution in [2.24, 2.45) is 4.99 Å².